The van der Waals surface area contributed by atoms with Gasteiger partial charge in [0.2, 0.25) is 0 Å². The van der Waals surface area contributed by atoms with Crippen LogP contribution in [-0.4, -0.2) is 43.6 Å². The summed E-state index contributed by atoms with van der Waals surface area (Å²) in [6.45, 7) is 0.397. The highest BCUT2D eigenvalue weighted by Crippen LogP contribution is 2.26. The standard InChI is InChI=1S/C14H18N2O3/c1-18-9-11(8-17)16-14-13-7-12(19-2)4-3-10(13)5-6-15-14/h3-7,11,17H,8-9H2,1-2H3,(H,15,16). The van der Waals surface area contributed by atoms with Crippen LogP contribution in [0, 0.1) is 0 Å². The van der Waals surface area contributed by atoms with Gasteiger partial charge in [-0.2, -0.15) is 0 Å². The highest BCUT2D eigenvalue weighted by Gasteiger charge is 2.10. The molecule has 0 fully saturated rings. The number of aromatic nitrogens is 1. The molecule has 2 rings (SSSR count). The van der Waals surface area contributed by atoms with E-state index in [2.05, 4.69) is 10.3 Å². The molecule has 0 radical (unpaired) electrons. The monoisotopic (exact) mass is 262 g/mol. The number of methoxy groups -OCH3 is 2. The molecule has 1 unspecified atom stereocenters. The number of ether oxygens (including phenoxy) is 2. The minimum Gasteiger partial charge on any atom is -0.497 e. The number of hydrogen-bond donors (Lipinski definition) is 2. The highest BCUT2D eigenvalue weighted by atomic mass is 16.5. The van der Waals surface area contributed by atoms with Gasteiger partial charge in [-0.05, 0) is 23.6 Å². The van der Waals surface area contributed by atoms with Gasteiger partial charge < -0.3 is 19.9 Å². The minimum absolute atomic E-state index is 0.0180. The molecule has 5 nitrogen and oxygen atoms in total. The van der Waals surface area contributed by atoms with Crippen molar-refractivity contribution >= 4 is 16.6 Å². The van der Waals surface area contributed by atoms with Crippen molar-refractivity contribution in [2.75, 3.05) is 32.8 Å². The lowest BCUT2D eigenvalue weighted by atomic mass is 10.1. The third-order valence-electron chi connectivity index (χ3n) is 2.90. The summed E-state index contributed by atoms with van der Waals surface area (Å²) in [5.41, 5.74) is 0. The molecule has 0 aliphatic heterocycles. The number of aliphatic hydroxyl groups is 1. The summed E-state index contributed by atoms with van der Waals surface area (Å²) < 4.78 is 10.3. The topological polar surface area (TPSA) is 63.6 Å². The van der Waals surface area contributed by atoms with Crippen LogP contribution >= 0.6 is 0 Å². The van der Waals surface area contributed by atoms with Gasteiger partial charge in [-0.3, -0.25) is 0 Å². The smallest absolute Gasteiger partial charge is 0.134 e. The summed E-state index contributed by atoms with van der Waals surface area (Å²) in [4.78, 5) is 4.32. The average molecular weight is 262 g/mol. The fraction of sp³-hybridized carbons (Fsp3) is 0.357. The van der Waals surface area contributed by atoms with Crippen molar-refractivity contribution in [3.63, 3.8) is 0 Å². The number of benzene rings is 1. The fourth-order valence-corrected chi connectivity index (χ4v) is 1.92. The molecule has 102 valence electrons. The summed E-state index contributed by atoms with van der Waals surface area (Å²) in [5.74, 6) is 1.49. The van der Waals surface area contributed by atoms with Gasteiger partial charge >= 0.3 is 0 Å². The van der Waals surface area contributed by atoms with Crippen molar-refractivity contribution in [2.45, 2.75) is 6.04 Å². The molecule has 0 amide bonds. The number of aliphatic hydroxyl groups excluding tert-OH is 1. The van der Waals surface area contributed by atoms with E-state index in [1.807, 2.05) is 24.3 Å². The van der Waals surface area contributed by atoms with E-state index in [0.29, 0.717) is 12.4 Å². The SMILES string of the molecule is COCC(CO)Nc1nccc2ccc(OC)cc12. The first kappa shape index (κ1) is 13.6. The second kappa shape index (κ2) is 6.36. The molecule has 0 spiro atoms. The van der Waals surface area contributed by atoms with Gasteiger partial charge in [0.05, 0.1) is 26.4 Å². The van der Waals surface area contributed by atoms with Crippen molar-refractivity contribution in [1.82, 2.24) is 4.98 Å². The minimum atomic E-state index is -0.186. The first-order chi connectivity index (χ1) is 9.28. The molecule has 5 heteroatoms. The third kappa shape index (κ3) is 3.13. The Hall–Kier alpha value is -1.85. The molecular formula is C14H18N2O3. The number of anilines is 1. The largest absolute Gasteiger partial charge is 0.497 e. The second-order valence-corrected chi connectivity index (χ2v) is 4.23. The predicted octanol–water partition coefficient (Wildman–Crippen LogP) is 1.66. The summed E-state index contributed by atoms with van der Waals surface area (Å²) in [6, 6.07) is 7.56. The molecule has 0 aliphatic carbocycles. The van der Waals surface area contributed by atoms with Crippen molar-refractivity contribution in [1.29, 1.82) is 0 Å². The first-order valence-electron chi connectivity index (χ1n) is 6.07. The van der Waals surface area contributed by atoms with E-state index in [0.717, 1.165) is 16.5 Å². The molecule has 0 saturated heterocycles. The van der Waals surface area contributed by atoms with E-state index < -0.39 is 0 Å². The van der Waals surface area contributed by atoms with Crippen LogP contribution in [0.4, 0.5) is 5.82 Å². The summed E-state index contributed by atoms with van der Waals surface area (Å²) in [6.07, 6.45) is 1.73. The maximum atomic E-state index is 9.30. The van der Waals surface area contributed by atoms with E-state index in [-0.39, 0.29) is 12.6 Å². The van der Waals surface area contributed by atoms with Gasteiger partial charge in [0, 0.05) is 18.7 Å². The Morgan fingerprint density at radius 1 is 1.32 bits per heavy atom. The Morgan fingerprint density at radius 3 is 2.84 bits per heavy atom. The van der Waals surface area contributed by atoms with Crippen molar-refractivity contribution in [2.24, 2.45) is 0 Å². The van der Waals surface area contributed by atoms with E-state index >= 15 is 0 Å². The van der Waals surface area contributed by atoms with Crippen LogP contribution in [0.1, 0.15) is 0 Å². The van der Waals surface area contributed by atoms with Crippen LogP contribution in [0.25, 0.3) is 10.8 Å². The maximum absolute atomic E-state index is 9.30. The first-order valence-corrected chi connectivity index (χ1v) is 6.07. The summed E-state index contributed by atoms with van der Waals surface area (Å²) in [7, 11) is 3.23. The van der Waals surface area contributed by atoms with E-state index in [1.54, 1.807) is 20.4 Å². The van der Waals surface area contributed by atoms with Crippen LogP contribution in [0.15, 0.2) is 30.5 Å². The Labute approximate surface area is 112 Å². The van der Waals surface area contributed by atoms with Crippen LogP contribution in [0.2, 0.25) is 0 Å². The molecule has 0 saturated carbocycles. The normalized spacial score (nSPS) is 12.4. The molecule has 1 aromatic heterocycles. The molecule has 19 heavy (non-hydrogen) atoms. The second-order valence-electron chi connectivity index (χ2n) is 4.23. The Balaban J connectivity index is 2.35. The number of nitrogens with zero attached hydrogens (tertiary/aromatic N) is 1. The van der Waals surface area contributed by atoms with E-state index in [1.165, 1.54) is 0 Å². The van der Waals surface area contributed by atoms with Gasteiger partial charge in [0.25, 0.3) is 0 Å². The Bertz CT molecular complexity index is 545. The number of hydrogen-bond acceptors (Lipinski definition) is 5. The summed E-state index contributed by atoms with van der Waals surface area (Å²) in [5, 5.41) is 14.5. The van der Waals surface area contributed by atoms with Gasteiger partial charge in [-0.25, -0.2) is 4.98 Å². The van der Waals surface area contributed by atoms with E-state index in [4.69, 9.17) is 9.47 Å². The van der Waals surface area contributed by atoms with Gasteiger partial charge in [-0.15, -0.1) is 0 Å². The third-order valence-corrected chi connectivity index (χ3v) is 2.90. The summed E-state index contributed by atoms with van der Waals surface area (Å²) >= 11 is 0. The van der Waals surface area contributed by atoms with Gasteiger partial charge in [0.1, 0.15) is 11.6 Å². The molecule has 1 aromatic carbocycles. The zero-order valence-corrected chi connectivity index (χ0v) is 11.1. The average Bonchev–Trinajstić information content (AvgIpc) is 2.46. The Kier molecular flexibility index (Phi) is 4.54. The molecule has 1 heterocycles. The molecule has 2 aromatic rings. The zero-order chi connectivity index (χ0) is 13.7. The van der Waals surface area contributed by atoms with Crippen LogP contribution in [0.5, 0.6) is 5.75 Å². The van der Waals surface area contributed by atoms with Crippen molar-refractivity contribution < 1.29 is 14.6 Å². The molecule has 0 aliphatic rings. The molecule has 2 N–H and O–H groups in total. The molecule has 0 bridgehead atoms. The number of pyridine rings is 1. The van der Waals surface area contributed by atoms with Crippen molar-refractivity contribution in [3.8, 4) is 5.75 Å². The predicted molar refractivity (Wildman–Crippen MR) is 74.7 cm³/mol. The van der Waals surface area contributed by atoms with Crippen molar-refractivity contribution in [3.05, 3.63) is 30.5 Å². The number of nitrogens with one attached hydrogen (secondary N) is 1. The number of rotatable bonds is 6. The quantitative estimate of drug-likeness (QED) is 0.829. The van der Waals surface area contributed by atoms with Crippen LogP contribution in [0.3, 0.4) is 0 Å². The fourth-order valence-electron chi connectivity index (χ4n) is 1.92. The number of fused-ring (bicyclic) bond motifs is 1. The maximum Gasteiger partial charge on any atom is 0.134 e. The van der Waals surface area contributed by atoms with Gasteiger partial charge in [0.15, 0.2) is 0 Å². The van der Waals surface area contributed by atoms with Crippen LogP contribution in [-0.2, 0) is 4.74 Å². The Morgan fingerprint density at radius 2 is 2.16 bits per heavy atom. The highest BCUT2D eigenvalue weighted by molar-refractivity contribution is 5.92. The molecular weight excluding hydrogens is 244 g/mol. The molecule has 1 atom stereocenters. The van der Waals surface area contributed by atoms with Crippen LogP contribution < -0.4 is 10.1 Å². The lowest BCUT2D eigenvalue weighted by Crippen LogP contribution is -2.29. The lowest BCUT2D eigenvalue weighted by molar-refractivity contribution is 0.153. The van der Waals surface area contributed by atoms with E-state index in [9.17, 15) is 5.11 Å². The van der Waals surface area contributed by atoms with Gasteiger partial charge in [-0.1, -0.05) is 6.07 Å². The lowest BCUT2D eigenvalue weighted by Gasteiger charge is -2.17. The zero-order valence-electron chi connectivity index (χ0n) is 11.1.